The molecule has 4 nitrogen and oxygen atoms in total. The van der Waals surface area contributed by atoms with Gasteiger partial charge in [0, 0.05) is 23.2 Å². The molecule has 0 saturated heterocycles. The quantitative estimate of drug-likeness (QED) is 0.605. The molecule has 1 aliphatic carbocycles. The zero-order chi connectivity index (χ0) is 14.1. The number of rotatable bonds is 1. The number of allylic oxidation sites excluding steroid dienone is 3. The Morgan fingerprint density at radius 2 is 2.10 bits per heavy atom. The Labute approximate surface area is 118 Å². The standard InChI is InChI=1S/C16H17N3O/c17-9-13-15(10-4-2-1-3-5-10)12-7-6-11(18)8-14(12)20-16(13)19/h1-2,6-8,10,15H,3-5,18-19H2/t10-,15+/m1/s1. The lowest BCUT2D eigenvalue weighted by Crippen LogP contribution is -2.25. The molecule has 0 fully saturated rings. The minimum atomic E-state index is 0.00861. The number of hydrogen-bond donors (Lipinski definition) is 2. The molecule has 1 aliphatic heterocycles. The Hall–Kier alpha value is -2.41. The molecule has 4 N–H and O–H groups in total. The summed E-state index contributed by atoms with van der Waals surface area (Å²) in [6.07, 6.45) is 7.45. The van der Waals surface area contributed by atoms with Gasteiger partial charge in [-0.25, -0.2) is 0 Å². The molecule has 0 unspecified atom stereocenters. The van der Waals surface area contributed by atoms with Crippen LogP contribution in [0.1, 0.15) is 30.7 Å². The van der Waals surface area contributed by atoms with E-state index in [-0.39, 0.29) is 11.8 Å². The second-order valence-corrected chi connectivity index (χ2v) is 5.31. The van der Waals surface area contributed by atoms with E-state index in [2.05, 4.69) is 18.2 Å². The van der Waals surface area contributed by atoms with E-state index in [4.69, 9.17) is 16.2 Å². The maximum absolute atomic E-state index is 9.43. The summed E-state index contributed by atoms with van der Waals surface area (Å²) in [6.45, 7) is 0. The molecule has 0 spiro atoms. The predicted octanol–water partition coefficient (Wildman–Crippen LogP) is 2.79. The molecule has 4 heteroatoms. The van der Waals surface area contributed by atoms with E-state index in [1.54, 1.807) is 6.07 Å². The number of benzene rings is 1. The van der Waals surface area contributed by atoms with Crippen molar-refractivity contribution in [1.82, 2.24) is 0 Å². The van der Waals surface area contributed by atoms with Crippen LogP contribution in [0.15, 0.2) is 41.8 Å². The van der Waals surface area contributed by atoms with E-state index < -0.39 is 0 Å². The average Bonchev–Trinajstić information content (AvgIpc) is 2.46. The fourth-order valence-corrected chi connectivity index (χ4v) is 3.11. The van der Waals surface area contributed by atoms with E-state index in [0.29, 0.717) is 22.9 Å². The Kier molecular flexibility index (Phi) is 3.11. The minimum Gasteiger partial charge on any atom is -0.440 e. The first-order valence-corrected chi connectivity index (χ1v) is 6.82. The van der Waals surface area contributed by atoms with Gasteiger partial charge in [0.2, 0.25) is 5.88 Å². The van der Waals surface area contributed by atoms with Crippen molar-refractivity contribution in [2.75, 3.05) is 5.73 Å². The number of anilines is 1. The van der Waals surface area contributed by atoms with Gasteiger partial charge in [-0.3, -0.25) is 0 Å². The number of ether oxygens (including phenoxy) is 1. The van der Waals surface area contributed by atoms with Gasteiger partial charge < -0.3 is 16.2 Å². The van der Waals surface area contributed by atoms with Crippen molar-refractivity contribution in [3.05, 3.63) is 47.4 Å². The van der Waals surface area contributed by atoms with Crippen molar-refractivity contribution in [3.63, 3.8) is 0 Å². The fourth-order valence-electron chi connectivity index (χ4n) is 3.11. The van der Waals surface area contributed by atoms with E-state index in [1.807, 2.05) is 12.1 Å². The molecule has 1 aromatic rings. The lowest BCUT2D eigenvalue weighted by Gasteiger charge is -2.33. The number of nitrogens with zero attached hydrogens (tertiary/aromatic N) is 1. The van der Waals surface area contributed by atoms with Gasteiger partial charge in [0.1, 0.15) is 11.8 Å². The summed E-state index contributed by atoms with van der Waals surface area (Å²) < 4.78 is 5.57. The summed E-state index contributed by atoms with van der Waals surface area (Å²) in [7, 11) is 0. The second-order valence-electron chi connectivity index (χ2n) is 5.31. The van der Waals surface area contributed by atoms with Gasteiger partial charge in [-0.2, -0.15) is 5.26 Å². The predicted molar refractivity (Wildman–Crippen MR) is 77.5 cm³/mol. The van der Waals surface area contributed by atoms with Crippen LogP contribution in [0.3, 0.4) is 0 Å². The molecular formula is C16H17N3O. The van der Waals surface area contributed by atoms with Crippen LogP contribution in [-0.4, -0.2) is 0 Å². The van der Waals surface area contributed by atoms with Crippen LogP contribution in [0, 0.1) is 17.2 Å². The van der Waals surface area contributed by atoms with Crippen LogP contribution in [-0.2, 0) is 0 Å². The first-order valence-electron chi connectivity index (χ1n) is 6.82. The molecule has 1 aromatic carbocycles. The molecule has 0 radical (unpaired) electrons. The summed E-state index contributed by atoms with van der Waals surface area (Å²) in [6, 6.07) is 7.82. The molecule has 2 aliphatic rings. The SMILES string of the molecule is N#CC1=C(N)Oc2cc(N)ccc2[C@@H]1[C@@H]1CC=CCC1. The Morgan fingerprint density at radius 3 is 2.80 bits per heavy atom. The number of nitriles is 1. The normalized spacial score (nSPS) is 24.8. The largest absolute Gasteiger partial charge is 0.440 e. The summed E-state index contributed by atoms with van der Waals surface area (Å²) in [5.74, 6) is 1.29. The molecule has 102 valence electrons. The summed E-state index contributed by atoms with van der Waals surface area (Å²) in [4.78, 5) is 0. The van der Waals surface area contributed by atoms with Crippen molar-refractivity contribution >= 4 is 5.69 Å². The van der Waals surface area contributed by atoms with Crippen LogP contribution >= 0.6 is 0 Å². The Morgan fingerprint density at radius 1 is 1.25 bits per heavy atom. The maximum Gasteiger partial charge on any atom is 0.205 e. The summed E-state index contributed by atoms with van der Waals surface area (Å²) >= 11 is 0. The molecule has 0 amide bonds. The molecular weight excluding hydrogens is 250 g/mol. The number of fused-ring (bicyclic) bond motifs is 1. The van der Waals surface area contributed by atoms with E-state index in [9.17, 15) is 5.26 Å². The van der Waals surface area contributed by atoms with Gasteiger partial charge in [-0.1, -0.05) is 18.2 Å². The zero-order valence-electron chi connectivity index (χ0n) is 11.2. The van der Waals surface area contributed by atoms with E-state index in [0.717, 1.165) is 24.8 Å². The van der Waals surface area contributed by atoms with Crippen LogP contribution in [0.25, 0.3) is 0 Å². The van der Waals surface area contributed by atoms with Gasteiger partial charge >= 0.3 is 0 Å². The highest BCUT2D eigenvalue weighted by Gasteiger charge is 2.34. The van der Waals surface area contributed by atoms with Crippen molar-refractivity contribution in [2.24, 2.45) is 11.7 Å². The van der Waals surface area contributed by atoms with Crippen LogP contribution in [0.4, 0.5) is 5.69 Å². The lowest BCUT2D eigenvalue weighted by atomic mass is 9.74. The number of hydrogen-bond acceptors (Lipinski definition) is 4. The van der Waals surface area contributed by atoms with Gasteiger partial charge in [-0.05, 0) is 31.2 Å². The molecule has 20 heavy (non-hydrogen) atoms. The average molecular weight is 267 g/mol. The first-order chi connectivity index (χ1) is 9.70. The van der Waals surface area contributed by atoms with Gasteiger partial charge in [0.05, 0.1) is 5.57 Å². The summed E-state index contributed by atoms with van der Waals surface area (Å²) in [5, 5.41) is 9.43. The van der Waals surface area contributed by atoms with Crippen molar-refractivity contribution in [1.29, 1.82) is 5.26 Å². The second kappa shape index (κ2) is 4.93. The third-order valence-electron chi connectivity index (χ3n) is 4.07. The third kappa shape index (κ3) is 2.01. The monoisotopic (exact) mass is 267 g/mol. The first kappa shape index (κ1) is 12.6. The lowest BCUT2D eigenvalue weighted by molar-refractivity contribution is 0.348. The molecule has 1 heterocycles. The Balaban J connectivity index is 2.09. The highest BCUT2D eigenvalue weighted by atomic mass is 16.5. The summed E-state index contributed by atoms with van der Waals surface area (Å²) in [5.41, 5.74) is 13.9. The van der Waals surface area contributed by atoms with E-state index in [1.165, 1.54) is 0 Å². The smallest absolute Gasteiger partial charge is 0.205 e. The molecule has 3 rings (SSSR count). The number of nitrogen functional groups attached to an aromatic ring is 1. The number of nitrogens with two attached hydrogens (primary N) is 2. The van der Waals surface area contributed by atoms with Crippen molar-refractivity contribution < 1.29 is 4.74 Å². The minimum absolute atomic E-state index is 0.00861. The molecule has 2 atom stereocenters. The molecule has 0 saturated carbocycles. The topological polar surface area (TPSA) is 85.1 Å². The van der Waals surface area contributed by atoms with Gasteiger partial charge in [0.15, 0.2) is 0 Å². The molecule has 0 bridgehead atoms. The van der Waals surface area contributed by atoms with Crippen LogP contribution < -0.4 is 16.2 Å². The van der Waals surface area contributed by atoms with Crippen molar-refractivity contribution in [2.45, 2.75) is 25.2 Å². The van der Waals surface area contributed by atoms with Crippen molar-refractivity contribution in [3.8, 4) is 11.8 Å². The van der Waals surface area contributed by atoms with Gasteiger partial charge in [-0.15, -0.1) is 0 Å². The van der Waals surface area contributed by atoms with Crippen LogP contribution in [0.5, 0.6) is 5.75 Å². The molecule has 0 aromatic heterocycles. The highest BCUT2D eigenvalue weighted by Crippen LogP contribution is 2.46. The fraction of sp³-hybridized carbons (Fsp3) is 0.312. The van der Waals surface area contributed by atoms with Crippen LogP contribution in [0.2, 0.25) is 0 Å². The van der Waals surface area contributed by atoms with Gasteiger partial charge in [0.25, 0.3) is 0 Å². The van der Waals surface area contributed by atoms with E-state index >= 15 is 0 Å². The zero-order valence-corrected chi connectivity index (χ0v) is 11.2. The highest BCUT2D eigenvalue weighted by molar-refractivity contribution is 5.56. The Bertz CT molecular complexity index is 640. The third-order valence-corrected chi connectivity index (χ3v) is 4.07. The maximum atomic E-state index is 9.43.